The summed E-state index contributed by atoms with van der Waals surface area (Å²) in [5, 5.41) is 43.7. The molecule has 0 amide bonds. The Morgan fingerprint density at radius 3 is 2.64 bits per heavy atom. The molecule has 0 saturated carbocycles. The molecule has 3 N–H and O–H groups in total. The van der Waals surface area contributed by atoms with E-state index in [1.165, 1.54) is 16.8 Å². The molecule has 0 spiro atoms. The number of ether oxygens (including phenoxy) is 1. The number of rotatable bonds is 4. The zero-order valence-corrected chi connectivity index (χ0v) is 20.3. The molecule has 1 aromatic carbocycles. The van der Waals surface area contributed by atoms with Crippen molar-refractivity contribution in [2.75, 3.05) is 0 Å². The minimum Gasteiger partial charge on any atom is -0.494 e. The number of aromatic hydroxyl groups is 2. The number of nitriles is 1. The van der Waals surface area contributed by atoms with Crippen molar-refractivity contribution in [3.05, 3.63) is 75.6 Å². The van der Waals surface area contributed by atoms with Crippen LogP contribution in [0.1, 0.15) is 42.1 Å². The minimum absolute atomic E-state index is 0.00595. The van der Waals surface area contributed by atoms with E-state index in [-0.39, 0.29) is 42.3 Å². The predicted octanol–water partition coefficient (Wildman–Crippen LogP) is 3.18. The van der Waals surface area contributed by atoms with Gasteiger partial charge in [0.25, 0.3) is 5.56 Å². The first-order chi connectivity index (χ1) is 18.4. The van der Waals surface area contributed by atoms with Gasteiger partial charge in [-0.05, 0) is 37.6 Å². The van der Waals surface area contributed by atoms with Crippen LogP contribution in [0.15, 0.2) is 47.7 Å². The molecule has 1 unspecified atom stereocenters. The number of fused-ring (bicyclic) bond motifs is 6. The van der Waals surface area contributed by atoms with E-state index in [2.05, 4.69) is 16.0 Å². The number of alkyl halides is 3. The molecular formula is C26H20F3N5O5. The van der Waals surface area contributed by atoms with E-state index >= 15 is 0 Å². The molecule has 6 rings (SSSR count). The zero-order valence-electron chi connectivity index (χ0n) is 20.3. The summed E-state index contributed by atoms with van der Waals surface area (Å²) in [5.74, 6) is -0.750. The molecule has 2 bridgehead atoms. The lowest BCUT2D eigenvalue weighted by molar-refractivity contribution is -0.141. The number of nitrogens with zero attached hydrogens (tertiary/aromatic N) is 5. The van der Waals surface area contributed by atoms with Crippen LogP contribution in [0.2, 0.25) is 0 Å². The Morgan fingerprint density at radius 2 is 1.95 bits per heavy atom. The molecule has 1 saturated heterocycles. The molecule has 5 heterocycles. The predicted molar refractivity (Wildman–Crippen MR) is 128 cm³/mol. The van der Waals surface area contributed by atoms with E-state index in [1.807, 2.05) is 0 Å². The van der Waals surface area contributed by atoms with Crippen LogP contribution in [-0.2, 0) is 28.7 Å². The van der Waals surface area contributed by atoms with Crippen LogP contribution in [0, 0.1) is 11.3 Å². The standard InChI is InChI=1S/C26H20F3N5O5/c1-24-17(35)10-25(39-24,6-8-33-12-32-16(9-18(33)36)26(27,28)29)20-19(24)22(37)34(23(20)38)15-5-4-13(11-30)21-14(15)3-2-7-31-21/h2-5,7,9,12,17,35,37-38H,6,8,10H2,1H3/t17?,24-,25+/m1/s1. The largest absolute Gasteiger partial charge is 0.494 e. The number of benzene rings is 1. The quantitative estimate of drug-likeness (QED) is 0.359. The second-order valence-corrected chi connectivity index (χ2v) is 9.85. The van der Waals surface area contributed by atoms with Gasteiger partial charge in [-0.15, -0.1) is 0 Å². The second-order valence-electron chi connectivity index (χ2n) is 9.85. The molecular weight excluding hydrogens is 519 g/mol. The van der Waals surface area contributed by atoms with Crippen molar-refractivity contribution in [1.29, 1.82) is 5.26 Å². The lowest BCUT2D eigenvalue weighted by atomic mass is 9.76. The van der Waals surface area contributed by atoms with Gasteiger partial charge in [0, 0.05) is 30.6 Å². The number of aryl methyl sites for hydroxylation is 1. The summed E-state index contributed by atoms with van der Waals surface area (Å²) in [6, 6.07) is 8.86. The number of pyridine rings is 1. The van der Waals surface area contributed by atoms with Gasteiger partial charge in [-0.1, -0.05) is 0 Å². The first-order valence-corrected chi connectivity index (χ1v) is 11.9. The minimum atomic E-state index is -4.77. The number of aliphatic hydroxyl groups is 1. The molecule has 39 heavy (non-hydrogen) atoms. The van der Waals surface area contributed by atoms with E-state index < -0.39 is 34.7 Å². The van der Waals surface area contributed by atoms with E-state index in [4.69, 9.17) is 4.74 Å². The van der Waals surface area contributed by atoms with Crippen LogP contribution in [0.4, 0.5) is 13.2 Å². The van der Waals surface area contributed by atoms with Crippen LogP contribution in [0.25, 0.3) is 16.6 Å². The fourth-order valence-electron chi connectivity index (χ4n) is 5.84. The summed E-state index contributed by atoms with van der Waals surface area (Å²) in [6.45, 7) is 1.43. The van der Waals surface area contributed by atoms with E-state index in [0.717, 1.165) is 10.9 Å². The molecule has 4 aromatic rings. The zero-order chi connectivity index (χ0) is 27.9. The highest BCUT2D eigenvalue weighted by atomic mass is 19.4. The lowest BCUT2D eigenvalue weighted by Gasteiger charge is -2.27. The number of aliphatic hydroxyl groups excluding tert-OH is 1. The van der Waals surface area contributed by atoms with E-state index in [1.54, 1.807) is 25.1 Å². The van der Waals surface area contributed by atoms with Gasteiger partial charge in [0.1, 0.15) is 17.3 Å². The molecule has 200 valence electrons. The topological polar surface area (TPSA) is 146 Å². The summed E-state index contributed by atoms with van der Waals surface area (Å²) in [6.07, 6.45) is -3.57. The lowest BCUT2D eigenvalue weighted by Crippen LogP contribution is -2.33. The van der Waals surface area contributed by atoms with Gasteiger partial charge >= 0.3 is 6.18 Å². The Kier molecular flexibility index (Phi) is 5.14. The number of halogens is 3. The Labute approximate surface area is 217 Å². The highest BCUT2D eigenvalue weighted by molar-refractivity contribution is 5.92. The van der Waals surface area contributed by atoms with Gasteiger partial charge < -0.3 is 20.1 Å². The van der Waals surface area contributed by atoms with Crippen molar-refractivity contribution < 1.29 is 33.2 Å². The maximum absolute atomic E-state index is 12.9. The first kappa shape index (κ1) is 24.9. The van der Waals surface area contributed by atoms with Crippen molar-refractivity contribution >= 4 is 10.9 Å². The van der Waals surface area contributed by atoms with Crippen molar-refractivity contribution in [3.63, 3.8) is 0 Å². The number of hydrogen-bond acceptors (Lipinski definition) is 8. The maximum Gasteiger partial charge on any atom is 0.433 e. The SMILES string of the molecule is C[C@@]12O[C@@](CCn3cnc(C(F)(F)F)cc3=O)(CC1O)c1c2c(O)n(-c2ccc(C#N)c3ncccc23)c1O. The van der Waals surface area contributed by atoms with Gasteiger partial charge in [-0.3, -0.25) is 18.9 Å². The fourth-order valence-corrected chi connectivity index (χ4v) is 5.84. The van der Waals surface area contributed by atoms with Crippen LogP contribution in [-0.4, -0.2) is 40.5 Å². The average molecular weight is 539 g/mol. The van der Waals surface area contributed by atoms with Crippen molar-refractivity contribution in [3.8, 4) is 23.5 Å². The van der Waals surface area contributed by atoms with Crippen LogP contribution < -0.4 is 5.56 Å². The Morgan fingerprint density at radius 1 is 1.21 bits per heavy atom. The molecule has 3 atom stereocenters. The molecule has 1 fully saturated rings. The van der Waals surface area contributed by atoms with E-state index in [0.29, 0.717) is 28.2 Å². The summed E-state index contributed by atoms with van der Waals surface area (Å²) >= 11 is 0. The third-order valence-electron chi connectivity index (χ3n) is 7.67. The fraction of sp³-hybridized carbons (Fsp3) is 0.308. The normalized spacial score (nSPS) is 23.7. The van der Waals surface area contributed by atoms with Crippen molar-refractivity contribution in [2.24, 2.45) is 0 Å². The summed E-state index contributed by atoms with van der Waals surface area (Å²) in [4.78, 5) is 20.0. The molecule has 2 aliphatic heterocycles. The van der Waals surface area contributed by atoms with Crippen LogP contribution in [0.5, 0.6) is 11.8 Å². The molecule has 2 aliphatic rings. The molecule has 3 aromatic heterocycles. The van der Waals surface area contributed by atoms with Gasteiger partial charge in [0.05, 0.1) is 40.3 Å². The van der Waals surface area contributed by atoms with Crippen molar-refractivity contribution in [1.82, 2.24) is 19.1 Å². The third kappa shape index (κ3) is 3.38. The summed E-state index contributed by atoms with van der Waals surface area (Å²) in [7, 11) is 0. The van der Waals surface area contributed by atoms with Crippen LogP contribution >= 0.6 is 0 Å². The van der Waals surface area contributed by atoms with Crippen LogP contribution in [0.3, 0.4) is 0 Å². The third-order valence-corrected chi connectivity index (χ3v) is 7.67. The summed E-state index contributed by atoms with van der Waals surface area (Å²) in [5.41, 5.74) is -3.64. The maximum atomic E-state index is 12.9. The first-order valence-electron chi connectivity index (χ1n) is 11.9. The number of aromatic nitrogens is 4. The highest BCUT2D eigenvalue weighted by Crippen LogP contribution is 2.65. The van der Waals surface area contributed by atoms with Gasteiger partial charge in [-0.2, -0.15) is 18.4 Å². The summed E-state index contributed by atoms with van der Waals surface area (Å²) < 4.78 is 47.2. The molecule has 13 heteroatoms. The van der Waals surface area contributed by atoms with Gasteiger partial charge in [0.2, 0.25) is 11.8 Å². The second kappa shape index (κ2) is 8.05. The van der Waals surface area contributed by atoms with E-state index in [9.17, 15) is 38.5 Å². The highest BCUT2D eigenvalue weighted by Gasteiger charge is 2.66. The van der Waals surface area contributed by atoms with Gasteiger partial charge in [-0.25, -0.2) is 4.98 Å². The molecule has 10 nitrogen and oxygen atoms in total. The van der Waals surface area contributed by atoms with Gasteiger partial charge in [0.15, 0.2) is 5.69 Å². The number of hydrogen-bond donors (Lipinski definition) is 3. The Balaban J connectivity index is 1.47. The smallest absolute Gasteiger partial charge is 0.433 e. The Bertz CT molecular complexity index is 1770. The Hall–Kier alpha value is -4.41. The molecule has 0 radical (unpaired) electrons. The monoisotopic (exact) mass is 539 g/mol. The van der Waals surface area contributed by atoms with Crippen molar-refractivity contribution in [2.45, 2.75) is 49.8 Å². The average Bonchev–Trinajstić information content (AvgIpc) is 3.43. The molecule has 0 aliphatic carbocycles.